The van der Waals surface area contributed by atoms with Crippen LogP contribution in [-0.4, -0.2) is 58.6 Å². The molecule has 1 atom stereocenters. The quantitative estimate of drug-likeness (QED) is 0.865. The summed E-state index contributed by atoms with van der Waals surface area (Å²) in [5.41, 5.74) is 2.58. The molecule has 128 valence electrons. The van der Waals surface area contributed by atoms with E-state index < -0.39 is 5.97 Å². The zero-order valence-corrected chi connectivity index (χ0v) is 14.3. The SMILES string of the molecule is CCCn1nc(C(=O)O)c2c1CCC(N(C)CC1(C)COC1)C2. The zero-order valence-electron chi connectivity index (χ0n) is 14.3. The molecule has 1 aliphatic carbocycles. The van der Waals surface area contributed by atoms with Gasteiger partial charge in [0.15, 0.2) is 5.69 Å². The molecule has 1 aliphatic heterocycles. The van der Waals surface area contributed by atoms with Crippen LogP contribution in [0.2, 0.25) is 0 Å². The van der Waals surface area contributed by atoms with E-state index in [9.17, 15) is 9.90 Å². The molecule has 0 bridgehead atoms. The van der Waals surface area contributed by atoms with Gasteiger partial charge in [0.05, 0.1) is 13.2 Å². The van der Waals surface area contributed by atoms with Crippen molar-refractivity contribution < 1.29 is 14.6 Å². The molecule has 2 aliphatic rings. The van der Waals surface area contributed by atoms with Crippen LogP contribution in [0.25, 0.3) is 0 Å². The lowest BCUT2D eigenvalue weighted by Crippen LogP contribution is -2.51. The van der Waals surface area contributed by atoms with Crippen LogP contribution in [0.1, 0.15) is 48.4 Å². The normalized spacial score (nSPS) is 22.7. The summed E-state index contributed by atoms with van der Waals surface area (Å²) in [6.07, 6.45) is 3.73. The highest BCUT2D eigenvalue weighted by atomic mass is 16.5. The van der Waals surface area contributed by atoms with Gasteiger partial charge in [0.2, 0.25) is 0 Å². The Morgan fingerprint density at radius 3 is 2.83 bits per heavy atom. The zero-order chi connectivity index (χ0) is 16.6. The van der Waals surface area contributed by atoms with Gasteiger partial charge in [-0.1, -0.05) is 13.8 Å². The molecule has 23 heavy (non-hydrogen) atoms. The summed E-state index contributed by atoms with van der Waals surface area (Å²) in [6.45, 7) is 7.79. The maximum absolute atomic E-state index is 11.5. The van der Waals surface area contributed by atoms with E-state index in [0.717, 1.165) is 63.2 Å². The Kier molecular flexibility index (Phi) is 4.47. The average molecular weight is 321 g/mol. The molecular formula is C17H27N3O3. The Balaban J connectivity index is 1.77. The maximum atomic E-state index is 11.5. The van der Waals surface area contributed by atoms with Gasteiger partial charge in [-0.3, -0.25) is 4.68 Å². The summed E-state index contributed by atoms with van der Waals surface area (Å²) < 4.78 is 7.26. The summed E-state index contributed by atoms with van der Waals surface area (Å²) in [5, 5.41) is 13.8. The molecule has 0 amide bonds. The molecule has 0 saturated carbocycles. The number of carbonyl (C=O) groups is 1. The lowest BCUT2D eigenvalue weighted by Gasteiger charge is -2.43. The third-order valence-corrected chi connectivity index (χ3v) is 5.11. The van der Waals surface area contributed by atoms with Crippen molar-refractivity contribution in [2.24, 2.45) is 5.41 Å². The monoisotopic (exact) mass is 321 g/mol. The van der Waals surface area contributed by atoms with E-state index in [-0.39, 0.29) is 11.1 Å². The van der Waals surface area contributed by atoms with Crippen molar-refractivity contribution in [3.05, 3.63) is 17.0 Å². The number of hydrogen-bond donors (Lipinski definition) is 1. The lowest BCUT2D eigenvalue weighted by molar-refractivity contribution is -0.116. The molecule has 3 rings (SSSR count). The van der Waals surface area contributed by atoms with Crippen molar-refractivity contribution in [2.75, 3.05) is 26.8 Å². The molecule has 0 spiro atoms. The maximum Gasteiger partial charge on any atom is 0.356 e. The fourth-order valence-electron chi connectivity index (χ4n) is 3.89. The first-order chi connectivity index (χ1) is 10.9. The number of aryl methyl sites for hydroxylation is 1. The summed E-state index contributed by atoms with van der Waals surface area (Å²) >= 11 is 0. The number of likely N-dealkylation sites (N-methyl/N-ethyl adjacent to an activating group) is 1. The minimum atomic E-state index is -0.904. The van der Waals surface area contributed by atoms with E-state index in [0.29, 0.717) is 6.04 Å². The molecule has 1 saturated heterocycles. The van der Waals surface area contributed by atoms with Crippen molar-refractivity contribution in [1.29, 1.82) is 0 Å². The van der Waals surface area contributed by atoms with Crippen molar-refractivity contribution in [3.63, 3.8) is 0 Å². The minimum absolute atomic E-state index is 0.247. The van der Waals surface area contributed by atoms with Gasteiger partial charge in [0, 0.05) is 35.8 Å². The van der Waals surface area contributed by atoms with Crippen molar-refractivity contribution in [1.82, 2.24) is 14.7 Å². The van der Waals surface area contributed by atoms with Crippen LogP contribution in [0.15, 0.2) is 0 Å². The number of aromatic nitrogens is 2. The lowest BCUT2D eigenvalue weighted by atomic mass is 9.85. The molecule has 1 N–H and O–H groups in total. The van der Waals surface area contributed by atoms with E-state index in [2.05, 4.69) is 30.9 Å². The number of rotatable bonds is 6. The van der Waals surface area contributed by atoms with Gasteiger partial charge in [-0.25, -0.2) is 4.79 Å². The van der Waals surface area contributed by atoms with E-state index in [1.54, 1.807) is 0 Å². The van der Waals surface area contributed by atoms with Gasteiger partial charge >= 0.3 is 5.97 Å². The van der Waals surface area contributed by atoms with Crippen LogP contribution in [0, 0.1) is 5.41 Å². The standard InChI is InChI=1S/C17H27N3O3/c1-4-7-20-14-6-5-12(8-13(14)15(18-20)16(21)22)19(3)9-17(2)10-23-11-17/h12H,4-11H2,1-3H3,(H,21,22). The van der Waals surface area contributed by atoms with Gasteiger partial charge in [-0.2, -0.15) is 5.10 Å². The largest absolute Gasteiger partial charge is 0.476 e. The van der Waals surface area contributed by atoms with Crippen molar-refractivity contribution in [3.8, 4) is 0 Å². The van der Waals surface area contributed by atoms with Gasteiger partial charge in [-0.05, 0) is 32.7 Å². The van der Waals surface area contributed by atoms with Crippen LogP contribution >= 0.6 is 0 Å². The molecule has 1 aromatic rings. The molecule has 6 heteroatoms. The van der Waals surface area contributed by atoms with E-state index in [1.807, 2.05) is 4.68 Å². The number of carboxylic acids is 1. The van der Waals surface area contributed by atoms with Crippen LogP contribution < -0.4 is 0 Å². The predicted octanol–water partition coefficient (Wildman–Crippen LogP) is 1.82. The molecule has 1 fully saturated rings. The Morgan fingerprint density at radius 2 is 2.26 bits per heavy atom. The summed E-state index contributed by atoms with van der Waals surface area (Å²) in [7, 11) is 2.15. The number of ether oxygens (including phenoxy) is 1. The molecule has 6 nitrogen and oxygen atoms in total. The first-order valence-corrected chi connectivity index (χ1v) is 8.53. The van der Waals surface area contributed by atoms with Crippen LogP contribution in [-0.2, 0) is 24.1 Å². The highest BCUT2D eigenvalue weighted by Gasteiger charge is 2.37. The Labute approximate surface area is 137 Å². The predicted molar refractivity (Wildman–Crippen MR) is 86.8 cm³/mol. The second-order valence-electron chi connectivity index (χ2n) is 7.42. The first kappa shape index (κ1) is 16.5. The molecule has 0 radical (unpaired) electrons. The van der Waals surface area contributed by atoms with Crippen molar-refractivity contribution in [2.45, 2.75) is 52.1 Å². The van der Waals surface area contributed by atoms with E-state index >= 15 is 0 Å². The molecule has 1 aromatic heterocycles. The Morgan fingerprint density at radius 1 is 1.52 bits per heavy atom. The van der Waals surface area contributed by atoms with Crippen LogP contribution in [0.5, 0.6) is 0 Å². The Bertz CT molecular complexity index is 592. The third-order valence-electron chi connectivity index (χ3n) is 5.11. The number of aromatic carboxylic acids is 1. The summed E-state index contributed by atoms with van der Waals surface area (Å²) in [5.74, 6) is -0.904. The number of fused-ring (bicyclic) bond motifs is 1. The topological polar surface area (TPSA) is 67.6 Å². The molecule has 2 heterocycles. The Hall–Kier alpha value is -1.40. The summed E-state index contributed by atoms with van der Waals surface area (Å²) in [6, 6.07) is 0.386. The number of carboxylic acid groups (broad SMARTS) is 1. The highest BCUT2D eigenvalue weighted by Crippen LogP contribution is 2.31. The first-order valence-electron chi connectivity index (χ1n) is 8.53. The third kappa shape index (κ3) is 3.15. The van der Waals surface area contributed by atoms with E-state index in [1.165, 1.54) is 0 Å². The second kappa shape index (κ2) is 6.24. The number of hydrogen-bond acceptors (Lipinski definition) is 4. The van der Waals surface area contributed by atoms with Gasteiger partial charge in [0.25, 0.3) is 0 Å². The smallest absolute Gasteiger partial charge is 0.356 e. The van der Waals surface area contributed by atoms with Crippen molar-refractivity contribution >= 4 is 5.97 Å². The second-order valence-corrected chi connectivity index (χ2v) is 7.42. The minimum Gasteiger partial charge on any atom is -0.476 e. The molecular weight excluding hydrogens is 294 g/mol. The van der Waals surface area contributed by atoms with Crippen LogP contribution in [0.3, 0.4) is 0 Å². The highest BCUT2D eigenvalue weighted by molar-refractivity contribution is 5.87. The average Bonchev–Trinajstić information content (AvgIpc) is 2.84. The fourth-order valence-corrected chi connectivity index (χ4v) is 3.89. The summed E-state index contributed by atoms with van der Waals surface area (Å²) in [4.78, 5) is 13.9. The van der Waals surface area contributed by atoms with Crippen LogP contribution in [0.4, 0.5) is 0 Å². The van der Waals surface area contributed by atoms with E-state index in [4.69, 9.17) is 4.74 Å². The fraction of sp³-hybridized carbons (Fsp3) is 0.765. The van der Waals surface area contributed by atoms with Gasteiger partial charge < -0.3 is 14.7 Å². The number of nitrogens with zero attached hydrogens (tertiary/aromatic N) is 3. The van der Waals surface area contributed by atoms with Gasteiger partial charge in [0.1, 0.15) is 0 Å². The van der Waals surface area contributed by atoms with Gasteiger partial charge in [-0.15, -0.1) is 0 Å². The molecule has 1 unspecified atom stereocenters. The molecule has 0 aromatic carbocycles.